The summed E-state index contributed by atoms with van der Waals surface area (Å²) < 4.78 is 1.94. The smallest absolute Gasteiger partial charge is 0.251 e. The van der Waals surface area contributed by atoms with Gasteiger partial charge in [0.05, 0.1) is 12.2 Å². The molecule has 1 heterocycles. The third-order valence-electron chi connectivity index (χ3n) is 3.54. The largest absolute Gasteiger partial charge is 0.370 e. The van der Waals surface area contributed by atoms with E-state index < -0.39 is 0 Å². The van der Waals surface area contributed by atoms with Gasteiger partial charge in [-0.1, -0.05) is 12.1 Å². The van der Waals surface area contributed by atoms with Gasteiger partial charge in [-0.25, -0.2) is 0 Å². The zero-order chi connectivity index (χ0) is 16.8. The fourth-order valence-corrected chi connectivity index (χ4v) is 2.34. The molecule has 1 aromatic carbocycles. The molecule has 2 rings (SSSR count). The molecule has 0 fully saturated rings. The van der Waals surface area contributed by atoms with Gasteiger partial charge in [0.2, 0.25) is 5.91 Å². The van der Waals surface area contributed by atoms with Crippen molar-refractivity contribution in [2.24, 2.45) is 5.73 Å². The Balaban J connectivity index is 1.90. The van der Waals surface area contributed by atoms with Crippen LogP contribution in [0.4, 0.5) is 0 Å². The number of aryl methyl sites for hydroxylation is 2. The van der Waals surface area contributed by atoms with Gasteiger partial charge in [-0.15, -0.1) is 0 Å². The van der Waals surface area contributed by atoms with Crippen molar-refractivity contribution in [3.8, 4) is 0 Å². The Bertz CT molecular complexity index is 689. The van der Waals surface area contributed by atoms with Crippen LogP contribution in [0.15, 0.2) is 30.3 Å². The van der Waals surface area contributed by atoms with Gasteiger partial charge in [-0.05, 0) is 44.0 Å². The first kappa shape index (κ1) is 16.7. The van der Waals surface area contributed by atoms with Gasteiger partial charge < -0.3 is 11.1 Å². The van der Waals surface area contributed by atoms with Crippen LogP contribution in [0, 0.1) is 13.8 Å². The highest BCUT2D eigenvalue weighted by Gasteiger charge is 2.06. The first-order valence-corrected chi connectivity index (χ1v) is 7.62. The predicted octanol–water partition coefficient (Wildman–Crippen LogP) is 1.54. The number of nitrogens with one attached hydrogen (secondary N) is 1. The van der Waals surface area contributed by atoms with Crippen LogP contribution in [-0.4, -0.2) is 28.1 Å². The van der Waals surface area contributed by atoms with Crippen molar-refractivity contribution in [3.05, 3.63) is 52.8 Å². The Morgan fingerprint density at radius 2 is 1.91 bits per heavy atom. The lowest BCUT2D eigenvalue weighted by atomic mass is 10.1. The second-order valence-corrected chi connectivity index (χ2v) is 5.61. The van der Waals surface area contributed by atoms with Crippen molar-refractivity contribution in [2.45, 2.75) is 33.2 Å². The number of aromatic nitrogens is 2. The number of carbonyl (C=O) groups is 2. The molecule has 0 atom stereocenters. The Kier molecular flexibility index (Phi) is 5.51. The lowest BCUT2D eigenvalue weighted by molar-refractivity contribution is -0.118. The van der Waals surface area contributed by atoms with Crippen molar-refractivity contribution in [1.29, 1.82) is 0 Å². The molecule has 3 N–H and O–H groups in total. The summed E-state index contributed by atoms with van der Waals surface area (Å²) in [6, 6.07) is 9.48. The highest BCUT2D eigenvalue weighted by Crippen LogP contribution is 2.09. The Morgan fingerprint density at radius 1 is 1.22 bits per heavy atom. The maximum absolute atomic E-state index is 12.0. The molecule has 0 radical (unpaired) electrons. The van der Waals surface area contributed by atoms with E-state index in [0.29, 0.717) is 25.1 Å². The Hall–Kier alpha value is -2.63. The van der Waals surface area contributed by atoms with E-state index in [1.807, 2.05) is 36.7 Å². The minimum atomic E-state index is -0.354. The van der Waals surface area contributed by atoms with Crippen LogP contribution in [0.5, 0.6) is 0 Å². The molecule has 6 heteroatoms. The molecule has 2 aromatic rings. The molecule has 0 unspecified atom stereocenters. The maximum atomic E-state index is 12.0. The summed E-state index contributed by atoms with van der Waals surface area (Å²) in [5.74, 6) is -0.500. The van der Waals surface area contributed by atoms with Gasteiger partial charge in [0.1, 0.15) is 0 Å². The van der Waals surface area contributed by atoms with Crippen LogP contribution >= 0.6 is 0 Å². The summed E-state index contributed by atoms with van der Waals surface area (Å²) in [6.07, 6.45) is 0.832. The number of nitrogens with two attached hydrogens (primary N) is 1. The van der Waals surface area contributed by atoms with Gasteiger partial charge >= 0.3 is 0 Å². The first-order valence-electron chi connectivity index (χ1n) is 7.62. The molecule has 122 valence electrons. The first-order chi connectivity index (χ1) is 11.0. The summed E-state index contributed by atoms with van der Waals surface area (Å²) in [4.78, 5) is 22.6. The van der Waals surface area contributed by atoms with Crippen molar-refractivity contribution in [2.75, 3.05) is 6.54 Å². The van der Waals surface area contributed by atoms with E-state index in [4.69, 9.17) is 5.73 Å². The number of benzene rings is 1. The molecule has 1 aromatic heterocycles. The number of rotatable bonds is 7. The van der Waals surface area contributed by atoms with Gasteiger partial charge in [0.25, 0.3) is 5.91 Å². The lowest BCUT2D eigenvalue weighted by Gasteiger charge is -2.07. The van der Waals surface area contributed by atoms with Crippen LogP contribution in [0.3, 0.4) is 0 Å². The van der Waals surface area contributed by atoms with E-state index in [1.165, 1.54) is 0 Å². The third kappa shape index (κ3) is 4.95. The van der Waals surface area contributed by atoms with Gasteiger partial charge in [-0.3, -0.25) is 14.3 Å². The molecule has 0 aliphatic rings. The minimum absolute atomic E-state index is 0.146. The molecule has 0 saturated heterocycles. The van der Waals surface area contributed by atoms with Crippen molar-refractivity contribution in [3.63, 3.8) is 0 Å². The fourth-order valence-electron chi connectivity index (χ4n) is 2.34. The summed E-state index contributed by atoms with van der Waals surface area (Å²) >= 11 is 0. The number of carbonyl (C=O) groups excluding carboxylic acids is 2. The molecular formula is C17H22N4O2. The van der Waals surface area contributed by atoms with Crippen molar-refractivity contribution < 1.29 is 9.59 Å². The van der Waals surface area contributed by atoms with Gasteiger partial charge in [-0.2, -0.15) is 5.10 Å². The van der Waals surface area contributed by atoms with E-state index >= 15 is 0 Å². The topological polar surface area (TPSA) is 90.0 Å². The summed E-state index contributed by atoms with van der Waals surface area (Å²) in [5.41, 5.74) is 8.84. The molecule has 0 spiro atoms. The molecule has 23 heavy (non-hydrogen) atoms. The quantitative estimate of drug-likeness (QED) is 0.760. The van der Waals surface area contributed by atoms with Crippen molar-refractivity contribution >= 4 is 11.8 Å². The Morgan fingerprint density at radius 3 is 2.48 bits per heavy atom. The molecule has 0 bridgehead atoms. The zero-order valence-corrected chi connectivity index (χ0v) is 13.5. The third-order valence-corrected chi connectivity index (χ3v) is 3.54. The monoisotopic (exact) mass is 314 g/mol. The second-order valence-electron chi connectivity index (χ2n) is 5.61. The Labute approximate surface area is 135 Å². The molecule has 2 amide bonds. The highest BCUT2D eigenvalue weighted by molar-refractivity contribution is 5.94. The predicted molar refractivity (Wildman–Crippen MR) is 88.0 cm³/mol. The van der Waals surface area contributed by atoms with E-state index in [1.54, 1.807) is 12.1 Å². The number of amides is 2. The van der Waals surface area contributed by atoms with Gasteiger partial charge in [0.15, 0.2) is 0 Å². The number of hydrogen-bond acceptors (Lipinski definition) is 3. The summed E-state index contributed by atoms with van der Waals surface area (Å²) in [6.45, 7) is 5.11. The maximum Gasteiger partial charge on any atom is 0.251 e. The number of nitrogens with zero attached hydrogens (tertiary/aromatic N) is 2. The zero-order valence-electron chi connectivity index (χ0n) is 13.5. The number of primary amides is 1. The van der Waals surface area contributed by atoms with Crippen LogP contribution in [0.2, 0.25) is 0 Å². The normalized spacial score (nSPS) is 10.5. The molecule has 0 aliphatic heterocycles. The van der Waals surface area contributed by atoms with Crippen LogP contribution in [0.25, 0.3) is 0 Å². The molecule has 0 saturated carbocycles. The average molecular weight is 314 g/mol. The number of hydrogen-bond donors (Lipinski definition) is 2. The standard InChI is InChI=1S/C17H22N4O2/c1-12-10-13(2)21(20-12)11-14-5-7-15(8-6-14)17(23)19-9-3-4-16(18)22/h5-8,10H,3-4,9,11H2,1-2H3,(H2,18,22)(H,19,23). The van der Waals surface area contributed by atoms with Crippen LogP contribution < -0.4 is 11.1 Å². The van der Waals surface area contributed by atoms with E-state index in [9.17, 15) is 9.59 Å². The average Bonchev–Trinajstić information content (AvgIpc) is 2.82. The summed E-state index contributed by atoms with van der Waals surface area (Å²) in [5, 5.41) is 7.20. The summed E-state index contributed by atoms with van der Waals surface area (Å²) in [7, 11) is 0. The SMILES string of the molecule is Cc1cc(C)n(Cc2ccc(C(=O)NCCCC(N)=O)cc2)n1. The fraction of sp³-hybridized carbons (Fsp3) is 0.353. The molecule has 0 aliphatic carbocycles. The molecular weight excluding hydrogens is 292 g/mol. The van der Waals surface area contributed by atoms with Gasteiger partial charge in [0, 0.05) is 24.2 Å². The van der Waals surface area contributed by atoms with Crippen LogP contribution in [-0.2, 0) is 11.3 Å². The highest BCUT2D eigenvalue weighted by atomic mass is 16.2. The molecule has 6 nitrogen and oxygen atoms in total. The lowest BCUT2D eigenvalue weighted by Crippen LogP contribution is -2.25. The van der Waals surface area contributed by atoms with E-state index in [2.05, 4.69) is 10.4 Å². The van der Waals surface area contributed by atoms with E-state index in [-0.39, 0.29) is 18.2 Å². The minimum Gasteiger partial charge on any atom is -0.370 e. The van der Waals surface area contributed by atoms with E-state index in [0.717, 1.165) is 17.0 Å². The second kappa shape index (κ2) is 7.58. The van der Waals surface area contributed by atoms with Crippen molar-refractivity contribution in [1.82, 2.24) is 15.1 Å². The van der Waals surface area contributed by atoms with Crippen LogP contribution in [0.1, 0.15) is 40.2 Å².